The van der Waals surface area contributed by atoms with Crippen LogP contribution in [0.3, 0.4) is 0 Å². The molecule has 0 spiro atoms. The number of pyridine rings is 2. The SMILES string of the molecule is CC1(C)c2ccccc2-c2ccc(-c3nc(-c4ccccc4)nc(-c4cc(-c5ccncc5)cc(-c5ccncc5)c4)n3)cc21. The normalized spacial score (nSPS) is 12.8. The van der Waals surface area contributed by atoms with E-state index in [9.17, 15) is 0 Å². The molecule has 5 heteroatoms. The second kappa shape index (κ2) is 10.7. The molecule has 0 saturated carbocycles. The van der Waals surface area contributed by atoms with Gasteiger partial charge in [-0.25, -0.2) is 15.0 Å². The maximum atomic E-state index is 5.14. The van der Waals surface area contributed by atoms with Gasteiger partial charge in [-0.05, 0) is 93.0 Å². The molecule has 1 aliphatic rings. The van der Waals surface area contributed by atoms with Crippen molar-refractivity contribution < 1.29 is 0 Å². The first-order valence-corrected chi connectivity index (χ1v) is 15.1. The lowest BCUT2D eigenvalue weighted by Crippen LogP contribution is -2.15. The Hall–Kier alpha value is -5.81. The molecule has 0 amide bonds. The van der Waals surface area contributed by atoms with E-state index in [-0.39, 0.29) is 5.41 Å². The molecule has 3 aromatic heterocycles. The topological polar surface area (TPSA) is 64.5 Å². The van der Waals surface area contributed by atoms with Gasteiger partial charge in [0.2, 0.25) is 0 Å². The van der Waals surface area contributed by atoms with Crippen molar-refractivity contribution in [2.75, 3.05) is 0 Å². The molecule has 8 rings (SSSR count). The predicted octanol–water partition coefficient (Wildman–Crippen LogP) is 9.30. The first-order valence-electron chi connectivity index (χ1n) is 15.1. The van der Waals surface area contributed by atoms with Gasteiger partial charge in [-0.3, -0.25) is 9.97 Å². The maximum Gasteiger partial charge on any atom is 0.164 e. The molecule has 7 aromatic rings. The average Bonchev–Trinajstić information content (AvgIpc) is 3.34. The Kier molecular flexibility index (Phi) is 6.38. The third-order valence-corrected chi connectivity index (χ3v) is 8.73. The van der Waals surface area contributed by atoms with Crippen molar-refractivity contribution in [1.82, 2.24) is 24.9 Å². The Labute approximate surface area is 262 Å². The average molecular weight is 580 g/mol. The highest BCUT2D eigenvalue weighted by Crippen LogP contribution is 2.49. The summed E-state index contributed by atoms with van der Waals surface area (Å²) in [5.41, 5.74) is 12.1. The van der Waals surface area contributed by atoms with E-state index in [0.29, 0.717) is 17.5 Å². The molecule has 0 fully saturated rings. The first kappa shape index (κ1) is 26.8. The quantitative estimate of drug-likeness (QED) is 0.203. The van der Waals surface area contributed by atoms with Crippen LogP contribution < -0.4 is 0 Å². The maximum absolute atomic E-state index is 5.14. The van der Waals surface area contributed by atoms with Crippen LogP contribution in [0.15, 0.2) is 140 Å². The van der Waals surface area contributed by atoms with Gasteiger partial charge in [0.25, 0.3) is 0 Å². The molecule has 45 heavy (non-hydrogen) atoms. The zero-order chi connectivity index (χ0) is 30.4. The van der Waals surface area contributed by atoms with Crippen molar-refractivity contribution in [3.8, 4) is 67.5 Å². The van der Waals surface area contributed by atoms with Gasteiger partial charge < -0.3 is 0 Å². The third kappa shape index (κ3) is 4.79. The van der Waals surface area contributed by atoms with E-state index in [2.05, 4.69) is 84.5 Å². The summed E-state index contributed by atoms with van der Waals surface area (Å²) in [4.78, 5) is 23.7. The third-order valence-electron chi connectivity index (χ3n) is 8.73. The molecule has 214 valence electrons. The van der Waals surface area contributed by atoms with Crippen LogP contribution in [0, 0.1) is 0 Å². The van der Waals surface area contributed by atoms with Crippen LogP contribution >= 0.6 is 0 Å². The summed E-state index contributed by atoms with van der Waals surface area (Å²) in [6, 6.07) is 40.0. The molecule has 5 nitrogen and oxygen atoms in total. The number of aromatic nitrogens is 5. The molecule has 0 unspecified atom stereocenters. The van der Waals surface area contributed by atoms with Crippen LogP contribution in [-0.2, 0) is 5.41 Å². The Morgan fingerprint density at radius 1 is 0.378 bits per heavy atom. The summed E-state index contributed by atoms with van der Waals surface area (Å²) in [7, 11) is 0. The van der Waals surface area contributed by atoms with E-state index in [1.165, 1.54) is 22.3 Å². The minimum atomic E-state index is -0.127. The largest absolute Gasteiger partial charge is 0.265 e. The molecule has 4 aromatic carbocycles. The Balaban J connectivity index is 1.33. The summed E-state index contributed by atoms with van der Waals surface area (Å²) < 4.78 is 0. The van der Waals surface area contributed by atoms with Crippen LogP contribution in [0.2, 0.25) is 0 Å². The van der Waals surface area contributed by atoms with Crippen molar-refractivity contribution in [2.45, 2.75) is 19.3 Å². The lowest BCUT2D eigenvalue weighted by Gasteiger charge is -2.21. The molecule has 0 N–H and O–H groups in total. The van der Waals surface area contributed by atoms with Gasteiger partial charge in [-0.2, -0.15) is 0 Å². The number of rotatable bonds is 5. The fourth-order valence-electron chi connectivity index (χ4n) is 6.37. The van der Waals surface area contributed by atoms with Crippen LogP contribution in [0.25, 0.3) is 67.5 Å². The van der Waals surface area contributed by atoms with Crippen LogP contribution in [0.5, 0.6) is 0 Å². The summed E-state index contributed by atoms with van der Waals surface area (Å²) in [6.45, 7) is 4.59. The zero-order valence-corrected chi connectivity index (χ0v) is 25.0. The standard InChI is InChI=1S/C40H29N5/c1-40(2)35-11-7-6-10-33(35)34-13-12-29(25-36(34)40)38-43-37(28-8-4-3-5-9-28)44-39(45-38)32-23-30(26-14-18-41-19-15-26)22-31(24-32)27-16-20-42-21-17-27/h3-25H,1-2H3. The van der Waals surface area contributed by atoms with E-state index in [1.54, 1.807) is 0 Å². The highest BCUT2D eigenvalue weighted by molar-refractivity contribution is 5.84. The zero-order valence-electron chi connectivity index (χ0n) is 25.0. The van der Waals surface area contributed by atoms with Crippen molar-refractivity contribution in [3.05, 3.63) is 151 Å². The molecular formula is C40H29N5. The fourth-order valence-corrected chi connectivity index (χ4v) is 6.37. The fraction of sp³-hybridized carbons (Fsp3) is 0.0750. The van der Waals surface area contributed by atoms with Crippen LogP contribution in [0.1, 0.15) is 25.0 Å². The van der Waals surface area contributed by atoms with Gasteiger partial charge >= 0.3 is 0 Å². The minimum Gasteiger partial charge on any atom is -0.265 e. The second-order valence-corrected chi connectivity index (χ2v) is 11.9. The van der Waals surface area contributed by atoms with E-state index in [1.807, 2.05) is 79.4 Å². The van der Waals surface area contributed by atoms with E-state index >= 15 is 0 Å². The molecule has 0 bridgehead atoms. The molecule has 3 heterocycles. The van der Waals surface area contributed by atoms with Crippen LogP contribution in [-0.4, -0.2) is 24.9 Å². The smallest absolute Gasteiger partial charge is 0.164 e. The van der Waals surface area contributed by atoms with Crippen molar-refractivity contribution in [2.24, 2.45) is 0 Å². The number of nitrogens with zero attached hydrogens (tertiary/aromatic N) is 5. The summed E-state index contributed by atoms with van der Waals surface area (Å²) in [5.74, 6) is 1.90. The number of hydrogen-bond acceptors (Lipinski definition) is 5. The highest BCUT2D eigenvalue weighted by Gasteiger charge is 2.35. The lowest BCUT2D eigenvalue weighted by atomic mass is 9.82. The van der Waals surface area contributed by atoms with E-state index in [0.717, 1.165) is 38.9 Å². The van der Waals surface area contributed by atoms with Gasteiger partial charge in [0, 0.05) is 46.9 Å². The Morgan fingerprint density at radius 2 is 0.889 bits per heavy atom. The van der Waals surface area contributed by atoms with E-state index in [4.69, 9.17) is 15.0 Å². The minimum absolute atomic E-state index is 0.127. The van der Waals surface area contributed by atoms with Crippen molar-refractivity contribution >= 4 is 0 Å². The summed E-state index contributed by atoms with van der Waals surface area (Å²) in [6.07, 6.45) is 7.26. The number of benzene rings is 4. The van der Waals surface area contributed by atoms with Crippen molar-refractivity contribution in [3.63, 3.8) is 0 Å². The van der Waals surface area contributed by atoms with Gasteiger partial charge in [-0.1, -0.05) is 80.6 Å². The molecule has 0 atom stereocenters. The molecule has 1 aliphatic carbocycles. The second-order valence-electron chi connectivity index (χ2n) is 11.9. The van der Waals surface area contributed by atoms with E-state index < -0.39 is 0 Å². The van der Waals surface area contributed by atoms with Gasteiger partial charge in [-0.15, -0.1) is 0 Å². The monoisotopic (exact) mass is 579 g/mol. The predicted molar refractivity (Wildman–Crippen MR) is 180 cm³/mol. The van der Waals surface area contributed by atoms with Gasteiger partial charge in [0.15, 0.2) is 17.5 Å². The number of fused-ring (bicyclic) bond motifs is 3. The molecule has 0 saturated heterocycles. The van der Waals surface area contributed by atoms with Gasteiger partial charge in [0.05, 0.1) is 0 Å². The van der Waals surface area contributed by atoms with Crippen molar-refractivity contribution in [1.29, 1.82) is 0 Å². The molecular weight excluding hydrogens is 550 g/mol. The number of hydrogen-bond donors (Lipinski definition) is 0. The first-order chi connectivity index (χ1) is 22.0. The lowest BCUT2D eigenvalue weighted by molar-refractivity contribution is 0.660. The van der Waals surface area contributed by atoms with Crippen LogP contribution in [0.4, 0.5) is 0 Å². The van der Waals surface area contributed by atoms with Gasteiger partial charge in [0.1, 0.15) is 0 Å². The molecule has 0 aliphatic heterocycles. The highest BCUT2D eigenvalue weighted by atomic mass is 15.0. The Morgan fingerprint density at radius 3 is 1.53 bits per heavy atom. The molecule has 0 radical (unpaired) electrons. The summed E-state index contributed by atoms with van der Waals surface area (Å²) in [5, 5.41) is 0. The summed E-state index contributed by atoms with van der Waals surface area (Å²) >= 11 is 0. The Bertz CT molecular complexity index is 2120.